The van der Waals surface area contributed by atoms with E-state index in [0.29, 0.717) is 5.69 Å². The van der Waals surface area contributed by atoms with E-state index < -0.39 is 0 Å². The van der Waals surface area contributed by atoms with Gasteiger partial charge in [-0.2, -0.15) is 0 Å². The number of aromatic nitrogens is 2. The summed E-state index contributed by atoms with van der Waals surface area (Å²) in [6, 6.07) is 9.42. The summed E-state index contributed by atoms with van der Waals surface area (Å²) in [4.78, 5) is 24.7. The van der Waals surface area contributed by atoms with Gasteiger partial charge >= 0.3 is 0 Å². The Hall–Kier alpha value is -2.30. The fraction of sp³-hybridized carbons (Fsp3) is 0.375. The average Bonchev–Trinajstić information content (AvgIpc) is 2.62. The summed E-state index contributed by atoms with van der Waals surface area (Å²) in [5, 5.41) is 2.82. The van der Waals surface area contributed by atoms with Gasteiger partial charge in [-0.15, -0.1) is 0 Å². The monoisotopic (exact) mass is 285 g/mol. The molecule has 2 aromatic rings. The van der Waals surface area contributed by atoms with Gasteiger partial charge in [0.2, 0.25) is 5.91 Å². The fourth-order valence-electron chi connectivity index (χ4n) is 2.61. The minimum atomic E-state index is -0.186. The molecular formula is C16H19N3O2. The van der Waals surface area contributed by atoms with Crippen LogP contribution in [0.2, 0.25) is 0 Å². The number of carbonyl (C=O) groups excluding carboxylic acids is 1. The second-order valence-corrected chi connectivity index (χ2v) is 5.55. The zero-order valence-electron chi connectivity index (χ0n) is 12.3. The zero-order chi connectivity index (χ0) is 15.0. The standard InChI is InChI=1S/C16H19N3O2/c1-11-14(17-15(20)12-7-6-8-12)16(21)19(18(11)2)13-9-4-3-5-10-13/h3-5,9-10,12H,6-8H2,1-2H3,(H,17,20). The highest BCUT2D eigenvalue weighted by Crippen LogP contribution is 2.27. The van der Waals surface area contributed by atoms with Gasteiger partial charge in [-0.3, -0.25) is 14.3 Å². The van der Waals surface area contributed by atoms with Crippen molar-refractivity contribution in [1.82, 2.24) is 9.36 Å². The summed E-state index contributed by atoms with van der Waals surface area (Å²) in [6.45, 7) is 1.84. The molecule has 5 nitrogen and oxygen atoms in total. The minimum Gasteiger partial charge on any atom is -0.320 e. The number of nitrogens with zero attached hydrogens (tertiary/aromatic N) is 2. The minimum absolute atomic E-state index is 0.0349. The lowest BCUT2D eigenvalue weighted by molar-refractivity contribution is -0.122. The molecule has 1 heterocycles. The molecule has 0 aliphatic heterocycles. The van der Waals surface area contributed by atoms with Gasteiger partial charge in [0, 0.05) is 13.0 Å². The maximum Gasteiger partial charge on any atom is 0.295 e. The number of hydrogen-bond donors (Lipinski definition) is 1. The lowest BCUT2D eigenvalue weighted by atomic mass is 9.85. The largest absolute Gasteiger partial charge is 0.320 e. The van der Waals surface area contributed by atoms with Crippen molar-refractivity contribution in [3.63, 3.8) is 0 Å². The molecule has 1 saturated carbocycles. The Balaban J connectivity index is 1.99. The van der Waals surface area contributed by atoms with Crippen LogP contribution < -0.4 is 10.9 Å². The first kappa shape index (κ1) is 13.7. The van der Waals surface area contributed by atoms with Gasteiger partial charge in [0.25, 0.3) is 5.56 Å². The second-order valence-electron chi connectivity index (χ2n) is 5.55. The topological polar surface area (TPSA) is 56.0 Å². The molecule has 110 valence electrons. The van der Waals surface area contributed by atoms with Crippen molar-refractivity contribution in [3.05, 3.63) is 46.4 Å². The number of hydrogen-bond acceptors (Lipinski definition) is 2. The van der Waals surface area contributed by atoms with Crippen LogP contribution in [0.5, 0.6) is 0 Å². The van der Waals surface area contributed by atoms with Crippen LogP contribution in [0.25, 0.3) is 5.69 Å². The summed E-state index contributed by atoms with van der Waals surface area (Å²) in [5.41, 5.74) is 1.75. The summed E-state index contributed by atoms with van der Waals surface area (Å²) >= 11 is 0. The molecule has 1 fully saturated rings. The normalized spacial score (nSPS) is 14.8. The lowest BCUT2D eigenvalue weighted by Crippen LogP contribution is -2.30. The maximum atomic E-state index is 12.6. The van der Waals surface area contributed by atoms with E-state index in [2.05, 4.69) is 5.32 Å². The third-order valence-electron chi connectivity index (χ3n) is 4.28. The van der Waals surface area contributed by atoms with Crippen LogP contribution in [0.4, 0.5) is 5.69 Å². The molecule has 3 rings (SSSR count). The van der Waals surface area contributed by atoms with Crippen LogP contribution >= 0.6 is 0 Å². The Labute approximate surface area is 123 Å². The average molecular weight is 285 g/mol. The summed E-state index contributed by atoms with van der Waals surface area (Å²) in [5.74, 6) is 0.0291. The molecule has 0 atom stereocenters. The number of anilines is 1. The predicted octanol–water partition coefficient (Wildman–Crippen LogP) is 2.22. The van der Waals surface area contributed by atoms with Gasteiger partial charge in [-0.05, 0) is 31.9 Å². The van der Waals surface area contributed by atoms with Gasteiger partial charge in [-0.25, -0.2) is 4.68 Å². The first-order valence-corrected chi connectivity index (χ1v) is 7.24. The quantitative estimate of drug-likeness (QED) is 0.940. The molecule has 1 aromatic carbocycles. The SMILES string of the molecule is Cc1c(NC(=O)C2CCC2)c(=O)n(-c2ccccc2)n1C. The van der Waals surface area contributed by atoms with Gasteiger partial charge in [0.15, 0.2) is 0 Å². The second kappa shape index (κ2) is 5.24. The molecule has 0 spiro atoms. The molecule has 1 amide bonds. The highest BCUT2D eigenvalue weighted by atomic mass is 16.2. The third-order valence-corrected chi connectivity index (χ3v) is 4.28. The molecule has 1 N–H and O–H groups in total. The molecule has 1 aliphatic carbocycles. The van der Waals surface area contributed by atoms with Crippen molar-refractivity contribution < 1.29 is 4.79 Å². The number of para-hydroxylation sites is 1. The van der Waals surface area contributed by atoms with E-state index in [4.69, 9.17) is 0 Å². The van der Waals surface area contributed by atoms with Gasteiger partial charge in [-0.1, -0.05) is 24.6 Å². The number of carbonyl (C=O) groups is 1. The Kier molecular flexibility index (Phi) is 3.41. The van der Waals surface area contributed by atoms with Crippen LogP contribution in [0, 0.1) is 12.8 Å². The Bertz CT molecular complexity index is 724. The van der Waals surface area contributed by atoms with Crippen LogP contribution in [-0.2, 0) is 11.8 Å². The Morgan fingerprint density at radius 3 is 2.48 bits per heavy atom. The Morgan fingerprint density at radius 1 is 1.24 bits per heavy atom. The van der Waals surface area contributed by atoms with E-state index in [-0.39, 0.29) is 17.4 Å². The number of rotatable bonds is 3. The summed E-state index contributed by atoms with van der Waals surface area (Å²) in [6.07, 6.45) is 2.94. The van der Waals surface area contributed by atoms with E-state index >= 15 is 0 Å². The van der Waals surface area contributed by atoms with E-state index in [1.807, 2.05) is 44.3 Å². The van der Waals surface area contributed by atoms with E-state index in [9.17, 15) is 9.59 Å². The number of nitrogens with one attached hydrogen (secondary N) is 1. The highest BCUT2D eigenvalue weighted by molar-refractivity contribution is 5.93. The van der Waals surface area contributed by atoms with Crippen molar-refractivity contribution >= 4 is 11.6 Å². The molecule has 0 bridgehead atoms. The molecule has 0 unspecified atom stereocenters. The fourth-order valence-corrected chi connectivity index (χ4v) is 2.61. The van der Waals surface area contributed by atoms with Crippen LogP contribution in [0.1, 0.15) is 25.0 Å². The van der Waals surface area contributed by atoms with Crippen LogP contribution in [-0.4, -0.2) is 15.3 Å². The first-order chi connectivity index (χ1) is 10.1. The lowest BCUT2D eigenvalue weighted by Gasteiger charge is -2.23. The van der Waals surface area contributed by atoms with Crippen LogP contribution in [0.15, 0.2) is 35.1 Å². The van der Waals surface area contributed by atoms with E-state index in [1.165, 1.54) is 0 Å². The number of amides is 1. The van der Waals surface area contributed by atoms with Gasteiger partial charge < -0.3 is 5.32 Å². The molecule has 0 saturated heterocycles. The molecule has 5 heteroatoms. The smallest absolute Gasteiger partial charge is 0.295 e. The summed E-state index contributed by atoms with van der Waals surface area (Å²) in [7, 11) is 1.82. The van der Waals surface area contributed by atoms with Crippen molar-refractivity contribution in [1.29, 1.82) is 0 Å². The molecule has 1 aromatic heterocycles. The van der Waals surface area contributed by atoms with Crippen molar-refractivity contribution in [3.8, 4) is 5.69 Å². The van der Waals surface area contributed by atoms with E-state index in [1.54, 1.807) is 9.36 Å². The Morgan fingerprint density at radius 2 is 1.90 bits per heavy atom. The van der Waals surface area contributed by atoms with E-state index in [0.717, 1.165) is 30.6 Å². The predicted molar refractivity (Wildman–Crippen MR) is 81.7 cm³/mol. The third kappa shape index (κ3) is 2.28. The van der Waals surface area contributed by atoms with Gasteiger partial charge in [0.05, 0.1) is 11.4 Å². The first-order valence-electron chi connectivity index (χ1n) is 7.24. The molecule has 1 aliphatic rings. The maximum absolute atomic E-state index is 12.6. The van der Waals surface area contributed by atoms with Crippen molar-refractivity contribution in [2.75, 3.05) is 5.32 Å². The highest BCUT2D eigenvalue weighted by Gasteiger charge is 2.27. The zero-order valence-corrected chi connectivity index (χ0v) is 12.3. The van der Waals surface area contributed by atoms with Crippen molar-refractivity contribution in [2.24, 2.45) is 13.0 Å². The number of benzene rings is 1. The summed E-state index contributed by atoms with van der Waals surface area (Å²) < 4.78 is 3.35. The molecular weight excluding hydrogens is 266 g/mol. The molecule has 0 radical (unpaired) electrons. The van der Waals surface area contributed by atoms with Gasteiger partial charge in [0.1, 0.15) is 5.69 Å². The molecule has 21 heavy (non-hydrogen) atoms. The van der Waals surface area contributed by atoms with Crippen molar-refractivity contribution in [2.45, 2.75) is 26.2 Å². The van der Waals surface area contributed by atoms with Crippen LogP contribution in [0.3, 0.4) is 0 Å².